The van der Waals surface area contributed by atoms with Crippen LogP contribution in [0.2, 0.25) is 0 Å². The number of carbonyl (C=O) groups excluding carboxylic acids is 1. The summed E-state index contributed by atoms with van der Waals surface area (Å²) < 4.78 is 34.5. The van der Waals surface area contributed by atoms with E-state index in [-0.39, 0.29) is 35.7 Å². The highest BCUT2D eigenvalue weighted by atomic mass is 35.5. The predicted molar refractivity (Wildman–Crippen MR) is 93.5 cm³/mol. The summed E-state index contributed by atoms with van der Waals surface area (Å²) in [5.74, 6) is 0.290. The number of piperidine rings is 1. The Labute approximate surface area is 153 Å². The van der Waals surface area contributed by atoms with Crippen LogP contribution in [0.5, 0.6) is 11.5 Å². The number of hydrogen-bond acceptors (Lipinski definition) is 4. The van der Waals surface area contributed by atoms with Gasteiger partial charge in [-0.3, -0.25) is 4.79 Å². The van der Waals surface area contributed by atoms with E-state index in [1.54, 1.807) is 24.1 Å². The van der Waals surface area contributed by atoms with E-state index < -0.39 is 6.61 Å². The molecule has 0 spiro atoms. The molecule has 0 radical (unpaired) electrons. The number of methoxy groups -OCH3 is 1. The minimum Gasteiger partial charge on any atom is -0.493 e. The first-order chi connectivity index (χ1) is 11.4. The molecule has 2 atom stereocenters. The van der Waals surface area contributed by atoms with Crippen molar-refractivity contribution >= 4 is 18.3 Å². The molecule has 0 bridgehead atoms. The van der Waals surface area contributed by atoms with Gasteiger partial charge in [0.25, 0.3) is 0 Å². The molecule has 1 aliphatic rings. The van der Waals surface area contributed by atoms with Gasteiger partial charge in [-0.05, 0) is 44.0 Å². The minimum atomic E-state index is -2.93. The van der Waals surface area contributed by atoms with E-state index in [1.807, 2.05) is 0 Å². The maximum atomic E-state index is 12.6. The van der Waals surface area contributed by atoms with Crippen molar-refractivity contribution in [2.45, 2.75) is 39.0 Å². The van der Waals surface area contributed by atoms with Crippen LogP contribution in [0.15, 0.2) is 18.2 Å². The Morgan fingerprint density at radius 2 is 2.12 bits per heavy atom. The Balaban J connectivity index is 0.00000312. The van der Waals surface area contributed by atoms with Gasteiger partial charge in [-0.25, -0.2) is 0 Å². The maximum Gasteiger partial charge on any atom is 0.387 e. The molecule has 1 aromatic carbocycles. The fraction of sp³-hybridized carbons (Fsp3) is 0.588. The Morgan fingerprint density at radius 1 is 1.40 bits per heavy atom. The molecule has 0 aromatic heterocycles. The molecule has 1 amide bonds. The summed E-state index contributed by atoms with van der Waals surface area (Å²) in [5, 5.41) is 3.32. The quantitative estimate of drug-likeness (QED) is 0.826. The van der Waals surface area contributed by atoms with Gasteiger partial charge in [0.05, 0.1) is 7.11 Å². The third-order valence-corrected chi connectivity index (χ3v) is 4.21. The SMILES string of the molecule is COc1ccc(CN(C)C(=O)[C@H]2CCN[C@@H](C)C2)cc1OC(F)F.Cl. The van der Waals surface area contributed by atoms with Gasteiger partial charge in [-0.2, -0.15) is 8.78 Å². The van der Waals surface area contributed by atoms with Gasteiger partial charge in [-0.15, -0.1) is 12.4 Å². The van der Waals surface area contributed by atoms with Crippen molar-refractivity contribution < 1.29 is 23.0 Å². The number of hydrogen-bond donors (Lipinski definition) is 1. The molecule has 0 aliphatic carbocycles. The minimum absolute atomic E-state index is 0. The second kappa shape index (κ2) is 9.77. The lowest BCUT2D eigenvalue weighted by atomic mass is 9.92. The Kier molecular flexibility index (Phi) is 8.38. The number of ether oxygens (including phenoxy) is 2. The van der Waals surface area contributed by atoms with Crippen LogP contribution in [-0.4, -0.2) is 44.2 Å². The topological polar surface area (TPSA) is 50.8 Å². The first-order valence-electron chi connectivity index (χ1n) is 8.00. The summed E-state index contributed by atoms with van der Waals surface area (Å²) in [6.45, 7) is 0.308. The molecule has 1 saturated heterocycles. The van der Waals surface area contributed by atoms with Crippen LogP contribution < -0.4 is 14.8 Å². The number of nitrogens with zero attached hydrogens (tertiary/aromatic N) is 1. The largest absolute Gasteiger partial charge is 0.493 e. The molecule has 25 heavy (non-hydrogen) atoms. The van der Waals surface area contributed by atoms with Gasteiger partial charge in [0, 0.05) is 25.6 Å². The monoisotopic (exact) mass is 378 g/mol. The van der Waals surface area contributed by atoms with Crippen molar-refractivity contribution in [3.05, 3.63) is 23.8 Å². The van der Waals surface area contributed by atoms with Crippen molar-refractivity contribution in [2.24, 2.45) is 5.92 Å². The first-order valence-corrected chi connectivity index (χ1v) is 8.00. The van der Waals surface area contributed by atoms with Crippen LogP contribution in [0, 0.1) is 5.92 Å². The number of halogens is 3. The molecule has 1 aromatic rings. The summed E-state index contributed by atoms with van der Waals surface area (Å²) in [6.07, 6.45) is 1.63. The van der Waals surface area contributed by atoms with E-state index in [1.165, 1.54) is 13.2 Å². The van der Waals surface area contributed by atoms with Crippen molar-refractivity contribution in [2.75, 3.05) is 20.7 Å². The highest BCUT2D eigenvalue weighted by molar-refractivity contribution is 5.85. The average molecular weight is 379 g/mol. The van der Waals surface area contributed by atoms with Crippen LogP contribution in [0.4, 0.5) is 8.78 Å². The van der Waals surface area contributed by atoms with Gasteiger partial charge < -0.3 is 19.7 Å². The number of alkyl halides is 2. The lowest BCUT2D eigenvalue weighted by Crippen LogP contribution is -2.42. The summed E-state index contributed by atoms with van der Waals surface area (Å²) in [4.78, 5) is 14.2. The van der Waals surface area contributed by atoms with Crippen molar-refractivity contribution in [1.82, 2.24) is 10.2 Å². The normalized spacial score (nSPS) is 19.9. The second-order valence-electron chi connectivity index (χ2n) is 6.13. The van der Waals surface area contributed by atoms with E-state index in [9.17, 15) is 13.6 Å². The number of carbonyl (C=O) groups is 1. The third kappa shape index (κ3) is 6.01. The van der Waals surface area contributed by atoms with Crippen LogP contribution >= 0.6 is 12.4 Å². The van der Waals surface area contributed by atoms with Crippen molar-refractivity contribution in [3.63, 3.8) is 0 Å². The standard InChI is InChI=1S/C17H24F2N2O3.ClH/c1-11-8-13(6-7-20-11)16(22)21(2)10-12-4-5-14(23-3)15(9-12)24-17(18)19;/h4-5,9,11,13,17,20H,6-8,10H2,1-3H3;1H/t11-,13-;/m0./s1. The van der Waals surface area contributed by atoms with Crippen molar-refractivity contribution in [3.8, 4) is 11.5 Å². The lowest BCUT2D eigenvalue weighted by molar-refractivity contribution is -0.135. The molecular formula is C17H25ClF2N2O3. The fourth-order valence-corrected chi connectivity index (χ4v) is 3.03. The summed E-state index contributed by atoms with van der Waals surface area (Å²) in [5.41, 5.74) is 0.712. The van der Waals surface area contributed by atoms with E-state index in [4.69, 9.17) is 4.74 Å². The number of nitrogens with one attached hydrogen (secondary N) is 1. The Hall–Kier alpha value is -1.60. The predicted octanol–water partition coefficient (Wildman–Crippen LogP) is 3.06. The summed E-state index contributed by atoms with van der Waals surface area (Å²) in [6, 6.07) is 5.12. The van der Waals surface area contributed by atoms with E-state index in [0.29, 0.717) is 18.2 Å². The zero-order valence-corrected chi connectivity index (χ0v) is 15.4. The van der Waals surface area contributed by atoms with Crippen LogP contribution in [0.25, 0.3) is 0 Å². The zero-order valence-electron chi connectivity index (χ0n) is 14.6. The van der Waals surface area contributed by atoms with Gasteiger partial charge >= 0.3 is 6.61 Å². The number of amides is 1. The third-order valence-electron chi connectivity index (χ3n) is 4.21. The van der Waals surface area contributed by atoms with E-state index in [0.717, 1.165) is 19.4 Å². The maximum absolute atomic E-state index is 12.6. The van der Waals surface area contributed by atoms with Gasteiger partial charge in [-0.1, -0.05) is 6.07 Å². The Bertz CT molecular complexity index is 575. The molecule has 8 heteroatoms. The fourth-order valence-electron chi connectivity index (χ4n) is 3.03. The molecular weight excluding hydrogens is 354 g/mol. The zero-order chi connectivity index (χ0) is 17.7. The van der Waals surface area contributed by atoms with Crippen LogP contribution in [0.3, 0.4) is 0 Å². The molecule has 0 unspecified atom stereocenters. The lowest BCUT2D eigenvalue weighted by Gasteiger charge is -2.30. The first kappa shape index (κ1) is 21.4. The second-order valence-corrected chi connectivity index (χ2v) is 6.13. The molecule has 1 N–H and O–H groups in total. The molecule has 1 heterocycles. The van der Waals surface area contributed by atoms with Crippen molar-refractivity contribution in [1.29, 1.82) is 0 Å². The smallest absolute Gasteiger partial charge is 0.387 e. The molecule has 1 aliphatic heterocycles. The Morgan fingerprint density at radius 3 is 2.72 bits per heavy atom. The van der Waals surface area contributed by atoms with E-state index >= 15 is 0 Å². The molecule has 142 valence electrons. The number of benzene rings is 1. The summed E-state index contributed by atoms with van der Waals surface area (Å²) >= 11 is 0. The van der Waals surface area contributed by atoms with Crippen LogP contribution in [-0.2, 0) is 11.3 Å². The van der Waals surface area contributed by atoms with Gasteiger partial charge in [0.1, 0.15) is 0 Å². The molecule has 5 nitrogen and oxygen atoms in total. The molecule has 1 fully saturated rings. The van der Waals surface area contributed by atoms with Gasteiger partial charge in [0.2, 0.25) is 5.91 Å². The van der Waals surface area contributed by atoms with Gasteiger partial charge in [0.15, 0.2) is 11.5 Å². The highest BCUT2D eigenvalue weighted by Crippen LogP contribution is 2.30. The molecule has 2 rings (SSSR count). The summed E-state index contributed by atoms with van der Waals surface area (Å²) in [7, 11) is 3.12. The average Bonchev–Trinajstić information content (AvgIpc) is 2.54. The number of rotatable bonds is 6. The van der Waals surface area contributed by atoms with Crippen LogP contribution in [0.1, 0.15) is 25.3 Å². The van der Waals surface area contributed by atoms with E-state index in [2.05, 4.69) is 17.0 Å². The highest BCUT2D eigenvalue weighted by Gasteiger charge is 2.27. The molecule has 0 saturated carbocycles.